The van der Waals surface area contributed by atoms with E-state index < -0.39 is 19.9 Å². The van der Waals surface area contributed by atoms with Crippen LogP contribution in [0.4, 0.5) is 0 Å². The van der Waals surface area contributed by atoms with Crippen molar-refractivity contribution in [3.63, 3.8) is 0 Å². The lowest BCUT2D eigenvalue weighted by atomic mass is 9.77. The molecule has 1 saturated heterocycles. The second kappa shape index (κ2) is 10.2. The summed E-state index contributed by atoms with van der Waals surface area (Å²) >= 11 is 0. The second-order valence-corrected chi connectivity index (χ2v) is 13.5. The van der Waals surface area contributed by atoms with Crippen molar-refractivity contribution in [3.05, 3.63) is 120 Å². The van der Waals surface area contributed by atoms with Gasteiger partial charge >= 0.3 is 0 Å². The molecule has 0 aliphatic carbocycles. The van der Waals surface area contributed by atoms with E-state index in [0.717, 1.165) is 16.7 Å². The SMILES string of the molecule is CS(=O)(=O)c1cccc(-c2cccc(C3CN(S(=O)(=O)c4ccccc4)CCC3c3ccccc3)c2)c1. The molecule has 7 heteroatoms. The third-order valence-corrected chi connectivity index (χ3v) is 10.1. The summed E-state index contributed by atoms with van der Waals surface area (Å²) in [5.41, 5.74) is 3.93. The van der Waals surface area contributed by atoms with Crippen LogP contribution >= 0.6 is 0 Å². The molecular weight excluding hydrogens is 502 g/mol. The highest BCUT2D eigenvalue weighted by molar-refractivity contribution is 7.90. The topological polar surface area (TPSA) is 71.5 Å². The summed E-state index contributed by atoms with van der Waals surface area (Å²) in [5, 5.41) is 0. The van der Waals surface area contributed by atoms with Gasteiger partial charge in [-0.05, 0) is 58.9 Å². The van der Waals surface area contributed by atoms with Gasteiger partial charge < -0.3 is 0 Å². The average molecular weight is 532 g/mol. The minimum atomic E-state index is -3.63. The molecule has 0 N–H and O–H groups in total. The van der Waals surface area contributed by atoms with Crippen molar-refractivity contribution in [2.24, 2.45) is 0 Å². The van der Waals surface area contributed by atoms with E-state index in [9.17, 15) is 16.8 Å². The maximum Gasteiger partial charge on any atom is 0.243 e. The molecule has 5 nitrogen and oxygen atoms in total. The lowest BCUT2D eigenvalue weighted by Gasteiger charge is -2.38. The summed E-state index contributed by atoms with van der Waals surface area (Å²) in [6.07, 6.45) is 1.91. The Balaban J connectivity index is 1.55. The number of piperidine rings is 1. The van der Waals surface area contributed by atoms with E-state index in [-0.39, 0.29) is 16.7 Å². The Morgan fingerprint density at radius 2 is 1.19 bits per heavy atom. The van der Waals surface area contributed by atoms with E-state index in [4.69, 9.17) is 0 Å². The fourth-order valence-electron chi connectivity index (χ4n) is 5.17. The van der Waals surface area contributed by atoms with Gasteiger partial charge in [-0.15, -0.1) is 0 Å². The van der Waals surface area contributed by atoms with E-state index in [1.807, 2.05) is 48.5 Å². The van der Waals surface area contributed by atoms with Crippen LogP contribution in [0, 0.1) is 0 Å². The number of benzene rings is 4. The van der Waals surface area contributed by atoms with Gasteiger partial charge in [0, 0.05) is 25.3 Å². The van der Waals surface area contributed by atoms with Crippen LogP contribution in [0.2, 0.25) is 0 Å². The molecule has 0 spiro atoms. The zero-order valence-corrected chi connectivity index (χ0v) is 22.2. The smallest absolute Gasteiger partial charge is 0.224 e. The molecule has 0 saturated carbocycles. The summed E-state index contributed by atoms with van der Waals surface area (Å²) in [4.78, 5) is 0.577. The summed E-state index contributed by atoms with van der Waals surface area (Å²) in [6, 6.07) is 33.8. The van der Waals surface area contributed by atoms with E-state index in [2.05, 4.69) is 18.2 Å². The molecule has 0 aromatic heterocycles. The maximum absolute atomic E-state index is 13.5. The van der Waals surface area contributed by atoms with Gasteiger partial charge in [-0.1, -0.05) is 84.9 Å². The molecule has 1 aliphatic heterocycles. The number of rotatable bonds is 6. The number of sulfone groups is 1. The van der Waals surface area contributed by atoms with Gasteiger partial charge in [0.05, 0.1) is 9.79 Å². The van der Waals surface area contributed by atoms with Crippen molar-refractivity contribution >= 4 is 19.9 Å². The van der Waals surface area contributed by atoms with Gasteiger partial charge in [0.1, 0.15) is 0 Å². The van der Waals surface area contributed by atoms with Gasteiger partial charge in [0.2, 0.25) is 10.0 Å². The standard InChI is InChI=1S/C30H29NO4S2/c1-36(32,33)28-17-9-13-25(21-28)24-12-8-14-26(20-24)30-22-31(37(34,35)27-15-6-3-7-16-27)19-18-29(30)23-10-4-2-5-11-23/h2-17,20-21,29-30H,18-19,22H2,1H3. The van der Waals surface area contributed by atoms with Crippen LogP contribution in [0.25, 0.3) is 11.1 Å². The largest absolute Gasteiger partial charge is 0.243 e. The molecule has 0 amide bonds. The molecule has 37 heavy (non-hydrogen) atoms. The summed E-state index contributed by atoms with van der Waals surface area (Å²) in [5.74, 6) is 0.0914. The van der Waals surface area contributed by atoms with E-state index in [0.29, 0.717) is 24.4 Å². The highest BCUT2D eigenvalue weighted by Gasteiger charge is 2.37. The lowest BCUT2D eigenvalue weighted by Crippen LogP contribution is -2.42. The van der Waals surface area contributed by atoms with Gasteiger partial charge in [-0.3, -0.25) is 0 Å². The minimum absolute atomic E-state index is 0.0623. The Morgan fingerprint density at radius 3 is 1.86 bits per heavy atom. The molecule has 2 unspecified atom stereocenters. The Labute approximate surface area is 219 Å². The van der Waals surface area contributed by atoms with E-state index >= 15 is 0 Å². The first-order valence-corrected chi connectivity index (χ1v) is 15.6. The Hall–Kier alpha value is -3.26. The monoisotopic (exact) mass is 531 g/mol. The highest BCUT2D eigenvalue weighted by atomic mass is 32.2. The fourth-order valence-corrected chi connectivity index (χ4v) is 7.34. The molecule has 2 atom stereocenters. The third kappa shape index (κ3) is 5.39. The molecule has 4 aromatic carbocycles. The Morgan fingerprint density at radius 1 is 0.622 bits per heavy atom. The van der Waals surface area contributed by atoms with Crippen molar-refractivity contribution in [2.75, 3.05) is 19.3 Å². The van der Waals surface area contributed by atoms with Gasteiger partial charge in [-0.2, -0.15) is 4.31 Å². The predicted octanol–water partition coefficient (Wildman–Crippen LogP) is 5.72. The van der Waals surface area contributed by atoms with E-state index in [1.54, 1.807) is 46.8 Å². The van der Waals surface area contributed by atoms with Crippen LogP contribution in [0.5, 0.6) is 0 Å². The molecule has 5 rings (SSSR count). The predicted molar refractivity (Wildman–Crippen MR) is 147 cm³/mol. The number of hydrogen-bond donors (Lipinski definition) is 0. The molecule has 190 valence electrons. The van der Waals surface area contributed by atoms with Gasteiger partial charge in [0.25, 0.3) is 0 Å². The molecule has 1 heterocycles. The normalized spacial score (nSPS) is 18.9. The average Bonchev–Trinajstić information content (AvgIpc) is 2.93. The molecule has 1 fully saturated rings. The van der Waals surface area contributed by atoms with Crippen molar-refractivity contribution in [3.8, 4) is 11.1 Å². The lowest BCUT2D eigenvalue weighted by molar-refractivity contribution is 0.285. The number of nitrogens with zero attached hydrogens (tertiary/aromatic N) is 1. The number of hydrogen-bond acceptors (Lipinski definition) is 4. The summed E-state index contributed by atoms with van der Waals surface area (Å²) < 4.78 is 52.8. The zero-order valence-electron chi connectivity index (χ0n) is 20.6. The van der Waals surface area contributed by atoms with Gasteiger partial charge in [-0.25, -0.2) is 16.8 Å². The molecular formula is C30H29NO4S2. The van der Waals surface area contributed by atoms with Crippen molar-refractivity contribution < 1.29 is 16.8 Å². The molecule has 0 bridgehead atoms. The van der Waals surface area contributed by atoms with Crippen molar-refractivity contribution in [2.45, 2.75) is 28.0 Å². The minimum Gasteiger partial charge on any atom is -0.224 e. The fraction of sp³-hybridized carbons (Fsp3) is 0.200. The maximum atomic E-state index is 13.5. The van der Waals surface area contributed by atoms with Crippen LogP contribution in [-0.4, -0.2) is 40.5 Å². The first kappa shape index (κ1) is 25.4. The Kier molecular flexibility index (Phi) is 7.03. The van der Waals surface area contributed by atoms with E-state index in [1.165, 1.54) is 11.8 Å². The molecule has 0 radical (unpaired) electrons. The van der Waals surface area contributed by atoms with Crippen LogP contribution < -0.4 is 0 Å². The van der Waals surface area contributed by atoms with Crippen LogP contribution in [0.1, 0.15) is 29.4 Å². The van der Waals surface area contributed by atoms with Crippen molar-refractivity contribution in [1.82, 2.24) is 4.31 Å². The first-order valence-electron chi connectivity index (χ1n) is 12.2. The van der Waals surface area contributed by atoms with Crippen LogP contribution in [0.15, 0.2) is 119 Å². The summed E-state index contributed by atoms with van der Waals surface area (Å²) in [7, 11) is -6.96. The summed E-state index contributed by atoms with van der Waals surface area (Å²) in [6.45, 7) is 0.813. The van der Waals surface area contributed by atoms with Crippen LogP contribution in [0.3, 0.4) is 0 Å². The first-order chi connectivity index (χ1) is 17.7. The third-order valence-electron chi connectivity index (χ3n) is 7.09. The Bertz CT molecular complexity index is 1600. The quantitative estimate of drug-likeness (QED) is 0.319. The highest BCUT2D eigenvalue weighted by Crippen LogP contribution is 2.42. The molecule has 4 aromatic rings. The number of sulfonamides is 1. The zero-order chi connectivity index (χ0) is 26.0. The molecule has 1 aliphatic rings. The van der Waals surface area contributed by atoms with Crippen molar-refractivity contribution in [1.29, 1.82) is 0 Å². The van der Waals surface area contributed by atoms with Crippen LogP contribution in [-0.2, 0) is 19.9 Å². The second-order valence-electron chi connectivity index (χ2n) is 9.51. The van der Waals surface area contributed by atoms with Gasteiger partial charge in [0.15, 0.2) is 9.84 Å².